The van der Waals surface area contributed by atoms with E-state index >= 15 is 0 Å². The lowest BCUT2D eigenvalue weighted by atomic mass is 10.0. The standard InChI is InChI=1S/C16H19NO2S/c1-19-16(18)14(10-15-8-5-9-20-15)12-17-11-13-6-3-2-4-7-13/h2-9,14,17H,10-12H2,1H3. The summed E-state index contributed by atoms with van der Waals surface area (Å²) in [5, 5.41) is 5.36. The first-order chi connectivity index (χ1) is 9.79. The van der Waals surface area contributed by atoms with E-state index in [1.807, 2.05) is 29.6 Å². The third kappa shape index (κ3) is 4.47. The molecule has 1 atom stereocenters. The zero-order valence-corrected chi connectivity index (χ0v) is 12.4. The SMILES string of the molecule is COC(=O)C(CNCc1ccccc1)Cc1cccs1. The number of hydrogen-bond donors (Lipinski definition) is 1. The summed E-state index contributed by atoms with van der Waals surface area (Å²) >= 11 is 1.67. The summed E-state index contributed by atoms with van der Waals surface area (Å²) in [6.45, 7) is 1.39. The molecule has 3 nitrogen and oxygen atoms in total. The zero-order chi connectivity index (χ0) is 14.2. The van der Waals surface area contributed by atoms with E-state index in [1.165, 1.54) is 17.6 Å². The van der Waals surface area contributed by atoms with Crippen LogP contribution in [0, 0.1) is 5.92 Å². The minimum atomic E-state index is -0.154. The van der Waals surface area contributed by atoms with Crippen LogP contribution in [-0.2, 0) is 22.5 Å². The molecule has 4 heteroatoms. The summed E-state index contributed by atoms with van der Waals surface area (Å²) in [4.78, 5) is 13.0. The van der Waals surface area contributed by atoms with Gasteiger partial charge in [0.1, 0.15) is 0 Å². The Kier molecular flexibility index (Phi) is 5.77. The molecule has 0 spiro atoms. The molecular weight excluding hydrogens is 270 g/mol. The summed E-state index contributed by atoms with van der Waals surface area (Å²) in [6.07, 6.45) is 0.728. The van der Waals surface area contributed by atoms with Gasteiger partial charge in [0.2, 0.25) is 0 Å². The fourth-order valence-electron chi connectivity index (χ4n) is 2.06. The van der Waals surface area contributed by atoms with Gasteiger partial charge in [0.25, 0.3) is 0 Å². The maximum atomic E-state index is 11.8. The molecule has 1 aromatic heterocycles. The lowest BCUT2D eigenvalue weighted by Crippen LogP contribution is -2.30. The molecule has 0 bridgehead atoms. The van der Waals surface area contributed by atoms with E-state index in [2.05, 4.69) is 23.5 Å². The number of methoxy groups -OCH3 is 1. The summed E-state index contributed by atoms with van der Waals surface area (Å²) in [7, 11) is 1.45. The molecule has 106 valence electrons. The van der Waals surface area contributed by atoms with Crippen molar-refractivity contribution >= 4 is 17.3 Å². The van der Waals surface area contributed by atoms with Gasteiger partial charge in [0.15, 0.2) is 0 Å². The molecule has 1 heterocycles. The number of carbonyl (C=O) groups is 1. The molecule has 0 saturated heterocycles. The van der Waals surface area contributed by atoms with Crippen LogP contribution in [0.25, 0.3) is 0 Å². The summed E-state index contributed by atoms with van der Waals surface area (Å²) < 4.78 is 4.89. The van der Waals surface area contributed by atoms with Crippen molar-refractivity contribution in [2.45, 2.75) is 13.0 Å². The van der Waals surface area contributed by atoms with E-state index in [0.717, 1.165) is 13.0 Å². The van der Waals surface area contributed by atoms with Gasteiger partial charge < -0.3 is 10.1 Å². The Morgan fingerprint density at radius 1 is 1.25 bits per heavy atom. The van der Waals surface area contributed by atoms with Gasteiger partial charge in [-0.05, 0) is 23.4 Å². The van der Waals surface area contributed by atoms with Crippen molar-refractivity contribution in [1.29, 1.82) is 0 Å². The Balaban J connectivity index is 1.86. The van der Waals surface area contributed by atoms with Crippen LogP contribution in [0.5, 0.6) is 0 Å². The van der Waals surface area contributed by atoms with Crippen molar-refractivity contribution in [3.05, 3.63) is 58.3 Å². The van der Waals surface area contributed by atoms with Crippen LogP contribution < -0.4 is 5.32 Å². The van der Waals surface area contributed by atoms with Crippen LogP contribution in [0.3, 0.4) is 0 Å². The number of thiophene rings is 1. The third-order valence-electron chi connectivity index (χ3n) is 3.12. The minimum Gasteiger partial charge on any atom is -0.469 e. The highest BCUT2D eigenvalue weighted by atomic mass is 32.1. The third-order valence-corrected chi connectivity index (χ3v) is 4.02. The monoisotopic (exact) mass is 289 g/mol. The molecule has 20 heavy (non-hydrogen) atoms. The molecule has 0 fully saturated rings. The van der Waals surface area contributed by atoms with Gasteiger partial charge in [-0.2, -0.15) is 0 Å². The summed E-state index contributed by atoms with van der Waals surface area (Å²) in [5.74, 6) is -0.290. The molecule has 0 aliphatic rings. The van der Waals surface area contributed by atoms with Crippen LogP contribution >= 0.6 is 11.3 Å². The van der Waals surface area contributed by atoms with Crippen molar-refractivity contribution < 1.29 is 9.53 Å². The number of benzene rings is 1. The van der Waals surface area contributed by atoms with Gasteiger partial charge in [-0.3, -0.25) is 4.79 Å². The van der Waals surface area contributed by atoms with Crippen molar-refractivity contribution in [3.63, 3.8) is 0 Å². The first-order valence-corrected chi connectivity index (χ1v) is 7.52. The zero-order valence-electron chi connectivity index (χ0n) is 11.5. The topological polar surface area (TPSA) is 38.3 Å². The molecule has 0 radical (unpaired) electrons. The molecule has 1 N–H and O–H groups in total. The lowest BCUT2D eigenvalue weighted by Gasteiger charge is -2.14. The normalized spacial score (nSPS) is 12.1. The highest BCUT2D eigenvalue weighted by Gasteiger charge is 2.19. The molecule has 0 aliphatic carbocycles. The first-order valence-electron chi connectivity index (χ1n) is 6.64. The predicted octanol–water partition coefficient (Wildman–Crippen LogP) is 2.87. The Morgan fingerprint density at radius 3 is 2.70 bits per heavy atom. The van der Waals surface area contributed by atoms with Crippen LogP contribution in [0.2, 0.25) is 0 Å². The van der Waals surface area contributed by atoms with Crippen LogP contribution in [0.15, 0.2) is 47.8 Å². The molecular formula is C16H19NO2S. The van der Waals surface area contributed by atoms with Crippen molar-refractivity contribution in [2.75, 3.05) is 13.7 Å². The molecule has 2 aromatic rings. The Hall–Kier alpha value is -1.65. The average Bonchev–Trinajstić information content (AvgIpc) is 2.99. The summed E-state index contributed by atoms with van der Waals surface area (Å²) in [5.41, 5.74) is 1.22. The van der Waals surface area contributed by atoms with Gasteiger partial charge in [-0.1, -0.05) is 36.4 Å². The van der Waals surface area contributed by atoms with E-state index in [4.69, 9.17) is 4.74 Å². The Morgan fingerprint density at radius 2 is 2.05 bits per heavy atom. The Bertz CT molecular complexity index is 511. The average molecular weight is 289 g/mol. The van der Waals surface area contributed by atoms with E-state index in [1.54, 1.807) is 11.3 Å². The second-order valence-electron chi connectivity index (χ2n) is 4.62. The number of nitrogens with one attached hydrogen (secondary N) is 1. The van der Waals surface area contributed by atoms with Gasteiger partial charge in [-0.15, -0.1) is 11.3 Å². The minimum absolute atomic E-state index is 0.137. The smallest absolute Gasteiger partial charge is 0.310 e. The number of rotatable bonds is 7. The van der Waals surface area contributed by atoms with Crippen LogP contribution in [-0.4, -0.2) is 19.6 Å². The molecule has 1 unspecified atom stereocenters. The highest BCUT2D eigenvalue weighted by molar-refractivity contribution is 7.09. The fourth-order valence-corrected chi connectivity index (χ4v) is 2.85. The molecule has 0 amide bonds. The molecule has 1 aromatic carbocycles. The van der Waals surface area contributed by atoms with Crippen LogP contribution in [0.1, 0.15) is 10.4 Å². The van der Waals surface area contributed by atoms with Gasteiger partial charge in [0.05, 0.1) is 13.0 Å². The molecule has 2 rings (SSSR count). The van der Waals surface area contributed by atoms with Gasteiger partial charge in [0, 0.05) is 18.0 Å². The van der Waals surface area contributed by atoms with Gasteiger partial charge in [-0.25, -0.2) is 0 Å². The largest absolute Gasteiger partial charge is 0.469 e. The van der Waals surface area contributed by atoms with Crippen molar-refractivity contribution in [3.8, 4) is 0 Å². The number of ether oxygens (including phenoxy) is 1. The van der Waals surface area contributed by atoms with E-state index in [9.17, 15) is 4.79 Å². The van der Waals surface area contributed by atoms with E-state index in [-0.39, 0.29) is 11.9 Å². The van der Waals surface area contributed by atoms with E-state index < -0.39 is 0 Å². The number of carbonyl (C=O) groups excluding carboxylic acids is 1. The quantitative estimate of drug-likeness (QED) is 0.797. The van der Waals surface area contributed by atoms with Crippen molar-refractivity contribution in [2.24, 2.45) is 5.92 Å². The number of hydrogen-bond acceptors (Lipinski definition) is 4. The first kappa shape index (κ1) is 14.8. The molecule has 0 saturated carbocycles. The van der Waals surface area contributed by atoms with Crippen LogP contribution in [0.4, 0.5) is 0 Å². The highest BCUT2D eigenvalue weighted by Crippen LogP contribution is 2.15. The maximum Gasteiger partial charge on any atom is 0.310 e. The van der Waals surface area contributed by atoms with Gasteiger partial charge >= 0.3 is 5.97 Å². The molecule has 0 aliphatic heterocycles. The Labute approximate surface area is 123 Å². The van der Waals surface area contributed by atoms with E-state index in [0.29, 0.717) is 6.54 Å². The van der Waals surface area contributed by atoms with Crippen molar-refractivity contribution in [1.82, 2.24) is 5.32 Å². The summed E-state index contributed by atoms with van der Waals surface area (Å²) in [6, 6.07) is 14.2. The second-order valence-corrected chi connectivity index (χ2v) is 5.65. The number of esters is 1. The predicted molar refractivity (Wildman–Crippen MR) is 81.7 cm³/mol. The lowest BCUT2D eigenvalue weighted by molar-refractivity contribution is -0.145. The second kappa shape index (κ2) is 7.82. The fraction of sp³-hybridized carbons (Fsp3) is 0.312. The maximum absolute atomic E-state index is 11.8.